The van der Waals surface area contributed by atoms with Crippen molar-refractivity contribution in [2.24, 2.45) is 0 Å². The predicted molar refractivity (Wildman–Crippen MR) is 81.4 cm³/mol. The van der Waals surface area contributed by atoms with Gasteiger partial charge in [0, 0.05) is 34.0 Å². The van der Waals surface area contributed by atoms with Gasteiger partial charge in [-0.1, -0.05) is 19.6 Å². The molecule has 2 heterocycles. The van der Waals surface area contributed by atoms with E-state index in [4.69, 9.17) is 4.74 Å². The fourth-order valence-electron chi connectivity index (χ4n) is 2.28. The van der Waals surface area contributed by atoms with Crippen LogP contribution in [0.2, 0.25) is 25.7 Å². The highest BCUT2D eigenvalue weighted by Gasteiger charge is 2.37. The summed E-state index contributed by atoms with van der Waals surface area (Å²) in [4.78, 5) is 2.18. The number of ether oxygens (including phenoxy) is 1. The first-order chi connectivity index (χ1) is 8.77. The summed E-state index contributed by atoms with van der Waals surface area (Å²) in [5.74, 6) is 1.14. The quantitative estimate of drug-likeness (QED) is 0.643. The molecule has 0 amide bonds. The molecule has 0 radical (unpaired) electrons. The molecular formula is C14H26N2O2Si. The first-order valence-electron chi connectivity index (χ1n) is 6.97. The SMILES string of the molecule is CC1(O)CN(c2cccn2COCC[Si](C)(C)C)C1. The van der Waals surface area contributed by atoms with Crippen molar-refractivity contribution in [3.63, 3.8) is 0 Å². The minimum absolute atomic E-state index is 0.534. The van der Waals surface area contributed by atoms with Crippen molar-refractivity contribution in [2.45, 2.75) is 44.9 Å². The maximum Gasteiger partial charge on any atom is 0.124 e. The van der Waals surface area contributed by atoms with Gasteiger partial charge in [0.25, 0.3) is 0 Å². The molecule has 2 rings (SSSR count). The maximum atomic E-state index is 9.80. The Kier molecular flexibility index (Phi) is 4.08. The maximum absolute atomic E-state index is 9.80. The third-order valence-electron chi connectivity index (χ3n) is 3.42. The van der Waals surface area contributed by atoms with Crippen LogP contribution in [0.15, 0.2) is 18.3 Å². The Morgan fingerprint density at radius 2 is 2.05 bits per heavy atom. The number of nitrogens with zero attached hydrogens (tertiary/aromatic N) is 2. The normalized spacial score (nSPS) is 18.5. The standard InChI is InChI=1S/C14H26N2O2Si/c1-14(17)10-16(11-14)13-6-5-7-15(13)12-18-8-9-19(2,3)4/h5-7,17H,8-12H2,1-4H3. The van der Waals surface area contributed by atoms with E-state index in [0.29, 0.717) is 19.8 Å². The number of rotatable bonds is 6. The van der Waals surface area contributed by atoms with E-state index in [0.717, 1.165) is 12.4 Å². The number of hydrogen-bond donors (Lipinski definition) is 1. The van der Waals surface area contributed by atoms with Crippen LogP contribution >= 0.6 is 0 Å². The number of aromatic nitrogens is 1. The Hall–Kier alpha value is -0.783. The fourth-order valence-corrected chi connectivity index (χ4v) is 3.04. The molecule has 0 unspecified atom stereocenters. The predicted octanol–water partition coefficient (Wildman–Crippen LogP) is 2.37. The summed E-state index contributed by atoms with van der Waals surface area (Å²) < 4.78 is 7.88. The number of hydrogen-bond acceptors (Lipinski definition) is 3. The second-order valence-electron chi connectivity index (χ2n) is 7.04. The third kappa shape index (κ3) is 4.09. The van der Waals surface area contributed by atoms with Gasteiger partial charge >= 0.3 is 0 Å². The zero-order valence-electron chi connectivity index (χ0n) is 12.5. The minimum atomic E-state index is -1.01. The van der Waals surface area contributed by atoms with E-state index in [9.17, 15) is 5.11 Å². The summed E-state index contributed by atoms with van der Waals surface area (Å²) in [7, 11) is -1.01. The first kappa shape index (κ1) is 14.6. The fraction of sp³-hybridized carbons (Fsp3) is 0.714. The van der Waals surface area contributed by atoms with Crippen LogP contribution in [0.25, 0.3) is 0 Å². The molecule has 0 aromatic carbocycles. The highest BCUT2D eigenvalue weighted by atomic mass is 28.3. The van der Waals surface area contributed by atoms with Gasteiger partial charge in [0.1, 0.15) is 12.5 Å². The van der Waals surface area contributed by atoms with Gasteiger partial charge in [-0.25, -0.2) is 0 Å². The van der Waals surface area contributed by atoms with E-state index in [-0.39, 0.29) is 0 Å². The Labute approximate surface area is 117 Å². The molecule has 1 aromatic heterocycles. The summed E-state index contributed by atoms with van der Waals surface area (Å²) in [6.45, 7) is 11.8. The number of aliphatic hydroxyl groups is 1. The van der Waals surface area contributed by atoms with E-state index in [1.165, 1.54) is 6.04 Å². The Morgan fingerprint density at radius 1 is 1.37 bits per heavy atom. The van der Waals surface area contributed by atoms with E-state index < -0.39 is 13.7 Å². The van der Waals surface area contributed by atoms with Crippen molar-refractivity contribution in [2.75, 3.05) is 24.6 Å². The summed E-state index contributed by atoms with van der Waals surface area (Å²) in [5, 5.41) is 9.80. The molecule has 1 fully saturated rings. The van der Waals surface area contributed by atoms with Crippen molar-refractivity contribution in [3.05, 3.63) is 18.3 Å². The molecule has 5 heteroatoms. The molecule has 0 spiro atoms. The average molecular weight is 282 g/mol. The zero-order chi connectivity index (χ0) is 14.1. The van der Waals surface area contributed by atoms with Gasteiger partial charge in [-0.15, -0.1) is 0 Å². The molecule has 0 atom stereocenters. The van der Waals surface area contributed by atoms with Gasteiger partial charge in [0.15, 0.2) is 0 Å². The van der Waals surface area contributed by atoms with Crippen molar-refractivity contribution in [1.82, 2.24) is 4.57 Å². The van der Waals surface area contributed by atoms with Crippen LogP contribution in [0.5, 0.6) is 0 Å². The van der Waals surface area contributed by atoms with Crippen LogP contribution in [-0.2, 0) is 11.5 Å². The molecule has 4 nitrogen and oxygen atoms in total. The lowest BCUT2D eigenvalue weighted by molar-refractivity contribution is 0.0282. The molecule has 1 aliphatic rings. The van der Waals surface area contributed by atoms with Crippen LogP contribution in [0.3, 0.4) is 0 Å². The monoisotopic (exact) mass is 282 g/mol. The van der Waals surface area contributed by atoms with E-state index >= 15 is 0 Å². The van der Waals surface area contributed by atoms with E-state index in [1.54, 1.807) is 0 Å². The Morgan fingerprint density at radius 3 is 2.63 bits per heavy atom. The van der Waals surface area contributed by atoms with Crippen molar-refractivity contribution >= 4 is 13.9 Å². The molecule has 1 saturated heterocycles. The number of anilines is 1. The lowest BCUT2D eigenvalue weighted by atomic mass is 9.97. The van der Waals surface area contributed by atoms with Crippen molar-refractivity contribution in [1.29, 1.82) is 0 Å². The summed E-state index contributed by atoms with van der Waals surface area (Å²) in [6, 6.07) is 5.31. The minimum Gasteiger partial charge on any atom is -0.386 e. The highest BCUT2D eigenvalue weighted by molar-refractivity contribution is 6.76. The molecule has 1 N–H and O–H groups in total. The number of β-amino-alcohol motifs (C(OH)–C–C–N with tert-alkyl or cyclic N) is 1. The van der Waals surface area contributed by atoms with E-state index in [1.807, 2.05) is 19.2 Å². The van der Waals surface area contributed by atoms with Gasteiger partial charge in [-0.05, 0) is 25.1 Å². The average Bonchev–Trinajstić information content (AvgIpc) is 2.67. The van der Waals surface area contributed by atoms with Crippen molar-refractivity contribution < 1.29 is 9.84 Å². The lowest BCUT2D eigenvalue weighted by Crippen LogP contribution is -2.60. The molecule has 1 aliphatic heterocycles. The van der Waals surface area contributed by atoms with E-state index in [2.05, 4.69) is 35.2 Å². The lowest BCUT2D eigenvalue weighted by Gasteiger charge is -2.45. The van der Waals surface area contributed by atoms with Crippen LogP contribution < -0.4 is 4.90 Å². The van der Waals surface area contributed by atoms with Gasteiger partial charge in [-0.2, -0.15) is 0 Å². The Balaban J connectivity index is 1.80. The molecular weight excluding hydrogens is 256 g/mol. The highest BCUT2D eigenvalue weighted by Crippen LogP contribution is 2.27. The second-order valence-corrected chi connectivity index (χ2v) is 12.7. The largest absolute Gasteiger partial charge is 0.386 e. The van der Waals surface area contributed by atoms with Crippen molar-refractivity contribution in [3.8, 4) is 0 Å². The third-order valence-corrected chi connectivity index (χ3v) is 5.12. The molecule has 19 heavy (non-hydrogen) atoms. The van der Waals surface area contributed by atoms with Gasteiger partial charge in [0.2, 0.25) is 0 Å². The summed E-state index contributed by atoms with van der Waals surface area (Å²) in [5.41, 5.74) is -0.534. The first-order valence-corrected chi connectivity index (χ1v) is 10.7. The van der Waals surface area contributed by atoms with Crippen LogP contribution in [0, 0.1) is 0 Å². The second kappa shape index (κ2) is 5.30. The zero-order valence-corrected chi connectivity index (χ0v) is 13.5. The van der Waals surface area contributed by atoms with Gasteiger partial charge < -0.3 is 19.3 Å². The topological polar surface area (TPSA) is 37.6 Å². The van der Waals surface area contributed by atoms with Gasteiger partial charge in [0.05, 0.1) is 5.60 Å². The molecule has 108 valence electrons. The van der Waals surface area contributed by atoms with Gasteiger partial charge in [-0.3, -0.25) is 0 Å². The molecule has 0 aliphatic carbocycles. The molecule has 0 saturated carbocycles. The molecule has 1 aromatic rings. The Bertz CT molecular complexity index is 415. The van der Waals surface area contributed by atoms with Crippen LogP contribution in [0.4, 0.5) is 5.82 Å². The van der Waals surface area contributed by atoms with Crippen LogP contribution in [0.1, 0.15) is 6.92 Å². The summed E-state index contributed by atoms with van der Waals surface area (Å²) >= 11 is 0. The summed E-state index contributed by atoms with van der Waals surface area (Å²) in [6.07, 6.45) is 2.04. The van der Waals surface area contributed by atoms with Crippen LogP contribution in [-0.4, -0.2) is 43.0 Å². The molecule has 0 bridgehead atoms. The smallest absolute Gasteiger partial charge is 0.124 e.